The molecule has 3 aromatic rings. The average molecular weight is 425 g/mol. The molecule has 0 bridgehead atoms. The van der Waals surface area contributed by atoms with Crippen LogP contribution in [-0.4, -0.2) is 60.0 Å². The second-order valence-corrected chi connectivity index (χ2v) is 7.29. The van der Waals surface area contributed by atoms with Crippen molar-refractivity contribution in [1.29, 1.82) is 5.26 Å². The first-order valence-electron chi connectivity index (χ1n) is 9.80. The molecule has 0 aromatic carbocycles. The monoisotopic (exact) mass is 425 g/mol. The maximum Gasteiger partial charge on any atom is 0.303 e. The number of fused-ring (bicyclic) bond motifs is 1. The Kier molecular flexibility index (Phi) is 6.94. The third-order valence-electron chi connectivity index (χ3n) is 5.04. The van der Waals surface area contributed by atoms with Crippen molar-refractivity contribution in [2.24, 2.45) is 0 Å². The Balaban J connectivity index is 0.000000233. The first-order chi connectivity index (χ1) is 14.9. The van der Waals surface area contributed by atoms with Crippen LogP contribution in [0.15, 0.2) is 31.0 Å². The van der Waals surface area contributed by atoms with Crippen LogP contribution >= 0.6 is 0 Å². The Morgan fingerprint density at radius 2 is 1.90 bits per heavy atom. The van der Waals surface area contributed by atoms with E-state index in [9.17, 15) is 9.59 Å². The summed E-state index contributed by atoms with van der Waals surface area (Å²) in [4.78, 5) is 31.4. The molecule has 11 nitrogen and oxygen atoms in total. The molecule has 1 aliphatic rings. The average Bonchev–Trinajstić information content (AvgIpc) is 3.38. The van der Waals surface area contributed by atoms with Gasteiger partial charge in [-0.1, -0.05) is 0 Å². The molecule has 4 heterocycles. The number of unbranched alkanes of at least 4 members (excludes halogenated alkanes) is 1. The largest absolute Gasteiger partial charge is 0.481 e. The van der Waals surface area contributed by atoms with Gasteiger partial charge in [-0.15, -0.1) is 0 Å². The van der Waals surface area contributed by atoms with Gasteiger partial charge in [-0.05, 0) is 18.9 Å². The molecule has 4 N–H and O–H groups in total. The van der Waals surface area contributed by atoms with E-state index in [1.807, 2.05) is 23.1 Å². The number of hydrogen-bond donors (Lipinski definition) is 4. The highest BCUT2D eigenvalue weighted by atomic mass is 16.4. The molecular formula is C20H23N7O4. The molecule has 4 rings (SSSR count). The van der Waals surface area contributed by atoms with E-state index in [-0.39, 0.29) is 18.4 Å². The highest BCUT2D eigenvalue weighted by Gasteiger charge is 2.39. The normalized spacial score (nSPS) is 14.2. The van der Waals surface area contributed by atoms with Gasteiger partial charge < -0.3 is 20.5 Å². The van der Waals surface area contributed by atoms with Crippen LogP contribution in [0.3, 0.4) is 0 Å². The zero-order valence-corrected chi connectivity index (χ0v) is 16.8. The Labute approximate surface area is 177 Å². The van der Waals surface area contributed by atoms with E-state index in [4.69, 9.17) is 15.5 Å². The van der Waals surface area contributed by atoms with Crippen LogP contribution in [0.1, 0.15) is 32.1 Å². The second kappa shape index (κ2) is 9.82. The molecule has 31 heavy (non-hydrogen) atoms. The minimum absolute atomic E-state index is 0.0628. The van der Waals surface area contributed by atoms with Crippen molar-refractivity contribution in [1.82, 2.24) is 30.0 Å². The number of aliphatic carboxylic acids is 2. The van der Waals surface area contributed by atoms with Crippen molar-refractivity contribution in [3.8, 4) is 17.3 Å². The van der Waals surface area contributed by atoms with Crippen LogP contribution < -0.4 is 5.32 Å². The fraction of sp³-hybridized carbons (Fsp3) is 0.400. The van der Waals surface area contributed by atoms with Gasteiger partial charge in [0.1, 0.15) is 17.5 Å². The van der Waals surface area contributed by atoms with Crippen LogP contribution in [0.4, 0.5) is 0 Å². The molecule has 0 saturated carbocycles. The molecule has 0 amide bonds. The lowest BCUT2D eigenvalue weighted by Gasteiger charge is -2.41. The topological polar surface area (TPSA) is 170 Å². The summed E-state index contributed by atoms with van der Waals surface area (Å²) in [6.07, 6.45) is 8.62. The van der Waals surface area contributed by atoms with Crippen molar-refractivity contribution in [3.05, 3.63) is 31.0 Å². The van der Waals surface area contributed by atoms with Gasteiger partial charge in [0.05, 0.1) is 24.4 Å². The molecule has 0 atom stereocenters. The van der Waals surface area contributed by atoms with Crippen molar-refractivity contribution in [2.45, 2.75) is 37.6 Å². The summed E-state index contributed by atoms with van der Waals surface area (Å²) in [5.74, 6) is -1.74. The van der Waals surface area contributed by atoms with Gasteiger partial charge in [-0.2, -0.15) is 10.4 Å². The van der Waals surface area contributed by atoms with Crippen molar-refractivity contribution in [3.63, 3.8) is 0 Å². The first-order valence-corrected chi connectivity index (χ1v) is 9.80. The zero-order valence-electron chi connectivity index (χ0n) is 16.8. The molecule has 1 aliphatic heterocycles. The van der Waals surface area contributed by atoms with Crippen molar-refractivity contribution >= 4 is 23.0 Å². The van der Waals surface area contributed by atoms with Gasteiger partial charge in [0.2, 0.25) is 0 Å². The van der Waals surface area contributed by atoms with E-state index in [0.717, 1.165) is 35.4 Å². The number of rotatable bonds is 8. The summed E-state index contributed by atoms with van der Waals surface area (Å²) in [6, 6.07) is 4.21. The maximum absolute atomic E-state index is 9.90. The van der Waals surface area contributed by atoms with E-state index in [1.54, 1.807) is 12.5 Å². The van der Waals surface area contributed by atoms with Gasteiger partial charge >= 0.3 is 11.9 Å². The lowest BCUT2D eigenvalue weighted by molar-refractivity contribution is -0.139. The number of nitrogens with zero attached hydrogens (tertiary/aromatic N) is 5. The maximum atomic E-state index is 9.90. The third kappa shape index (κ3) is 5.23. The molecule has 0 radical (unpaired) electrons. The third-order valence-corrected chi connectivity index (χ3v) is 5.04. The smallest absolute Gasteiger partial charge is 0.303 e. The zero-order chi connectivity index (χ0) is 22.3. The Morgan fingerprint density at radius 3 is 2.48 bits per heavy atom. The fourth-order valence-corrected chi connectivity index (χ4v) is 3.29. The Morgan fingerprint density at radius 1 is 1.19 bits per heavy atom. The minimum atomic E-state index is -0.870. The molecule has 0 spiro atoms. The number of aromatic nitrogens is 5. The molecule has 0 aliphatic carbocycles. The van der Waals surface area contributed by atoms with Crippen LogP contribution in [-0.2, 0) is 15.1 Å². The molecule has 11 heteroatoms. The first kappa shape index (κ1) is 21.9. The van der Waals surface area contributed by atoms with Crippen LogP contribution in [0.25, 0.3) is 22.3 Å². The predicted octanol–water partition coefficient (Wildman–Crippen LogP) is 1.75. The van der Waals surface area contributed by atoms with E-state index < -0.39 is 11.9 Å². The molecule has 1 saturated heterocycles. The van der Waals surface area contributed by atoms with Gasteiger partial charge in [-0.3, -0.25) is 14.3 Å². The number of carbonyl (C=O) groups is 2. The minimum Gasteiger partial charge on any atom is -0.481 e. The van der Waals surface area contributed by atoms with Gasteiger partial charge in [0.15, 0.2) is 0 Å². The van der Waals surface area contributed by atoms with Crippen LogP contribution in [0, 0.1) is 11.3 Å². The van der Waals surface area contributed by atoms with Gasteiger partial charge in [0, 0.05) is 49.3 Å². The summed E-state index contributed by atoms with van der Waals surface area (Å²) in [5.41, 5.74) is 2.38. The highest BCUT2D eigenvalue weighted by Crippen LogP contribution is 2.29. The van der Waals surface area contributed by atoms with E-state index in [0.29, 0.717) is 19.3 Å². The summed E-state index contributed by atoms with van der Waals surface area (Å²) in [7, 11) is 0. The number of H-pyrrole nitrogens is 1. The molecule has 3 aromatic heterocycles. The van der Waals surface area contributed by atoms with Crippen LogP contribution in [0.5, 0.6) is 0 Å². The molecular weight excluding hydrogens is 402 g/mol. The number of nitriles is 1. The molecule has 162 valence electrons. The second-order valence-electron chi connectivity index (χ2n) is 7.29. The quantitative estimate of drug-likeness (QED) is 0.393. The number of nitrogens with one attached hydrogen (secondary N) is 2. The van der Waals surface area contributed by atoms with E-state index in [1.165, 1.54) is 0 Å². The number of aromatic amines is 1. The Bertz CT molecular complexity index is 1080. The lowest BCUT2D eigenvalue weighted by Crippen LogP contribution is -2.60. The standard InChI is InChI=1S/C14H13N7.C6H10O4/c15-3-2-14(7-16-8-14)21-6-10(5-20-21)12-11-1-4-17-13(11)19-9-18-12;7-5(8)3-1-2-4-6(9)10/h1,4-6,9,16H,2,7-8H2,(H,17,18,19);1-4H2,(H,7,8)(H,9,10). The summed E-state index contributed by atoms with van der Waals surface area (Å²) < 4.78 is 1.89. The Hall–Kier alpha value is -3.78. The molecule has 1 fully saturated rings. The van der Waals surface area contributed by atoms with Gasteiger partial charge in [0.25, 0.3) is 0 Å². The highest BCUT2D eigenvalue weighted by molar-refractivity contribution is 5.90. The lowest BCUT2D eigenvalue weighted by atomic mass is 9.89. The number of carboxylic acids is 2. The van der Waals surface area contributed by atoms with E-state index >= 15 is 0 Å². The van der Waals surface area contributed by atoms with Gasteiger partial charge in [-0.25, -0.2) is 9.97 Å². The van der Waals surface area contributed by atoms with E-state index in [2.05, 4.69) is 31.4 Å². The number of hydrogen-bond acceptors (Lipinski definition) is 7. The predicted molar refractivity (Wildman–Crippen MR) is 110 cm³/mol. The summed E-state index contributed by atoms with van der Waals surface area (Å²) >= 11 is 0. The number of carboxylic acid groups (broad SMARTS) is 2. The van der Waals surface area contributed by atoms with Crippen molar-refractivity contribution < 1.29 is 19.8 Å². The van der Waals surface area contributed by atoms with Crippen LogP contribution in [0.2, 0.25) is 0 Å². The molecule has 0 unspecified atom stereocenters. The SMILES string of the molecule is N#CCC1(n2cc(-c3ncnc4[nH]ccc34)cn2)CNC1.O=C(O)CCCCC(=O)O. The summed E-state index contributed by atoms with van der Waals surface area (Å²) in [6.45, 7) is 1.54. The summed E-state index contributed by atoms with van der Waals surface area (Å²) in [5, 5.41) is 33.9. The fourth-order valence-electron chi connectivity index (χ4n) is 3.29. The van der Waals surface area contributed by atoms with Crippen molar-refractivity contribution in [2.75, 3.05) is 13.1 Å².